The zero-order chi connectivity index (χ0) is 24.6. The topological polar surface area (TPSA) is 106 Å². The molecule has 0 amide bonds. The molecule has 1 aliphatic rings. The largest absolute Gasteiger partial charge is 0.491 e. The van der Waals surface area contributed by atoms with Crippen LogP contribution in [0.25, 0.3) is 10.9 Å². The van der Waals surface area contributed by atoms with Gasteiger partial charge in [0.25, 0.3) is 0 Å². The van der Waals surface area contributed by atoms with Gasteiger partial charge in [0.15, 0.2) is 0 Å². The molecule has 1 aliphatic heterocycles. The summed E-state index contributed by atoms with van der Waals surface area (Å²) in [5.74, 6) is -0.437. The maximum atomic E-state index is 13.2. The Kier molecular flexibility index (Phi) is 6.84. The lowest BCUT2D eigenvalue weighted by atomic mass is 9.98. The van der Waals surface area contributed by atoms with Gasteiger partial charge in [0.1, 0.15) is 12.3 Å². The van der Waals surface area contributed by atoms with Gasteiger partial charge in [-0.15, -0.1) is 0 Å². The van der Waals surface area contributed by atoms with Gasteiger partial charge < -0.3 is 14.4 Å². The van der Waals surface area contributed by atoms with Gasteiger partial charge in [-0.05, 0) is 62.2 Å². The van der Waals surface area contributed by atoms with Crippen molar-refractivity contribution in [2.24, 2.45) is 0 Å². The molecule has 0 aliphatic carbocycles. The summed E-state index contributed by atoms with van der Waals surface area (Å²) in [6.45, 7) is 4.27. The van der Waals surface area contributed by atoms with Crippen molar-refractivity contribution >= 4 is 37.7 Å². The molecule has 2 heterocycles. The smallest absolute Gasteiger partial charge is 0.323 e. The van der Waals surface area contributed by atoms with Crippen LogP contribution in [0.4, 0.5) is 0 Å². The molecule has 0 spiro atoms. The van der Waals surface area contributed by atoms with Crippen molar-refractivity contribution in [3.05, 3.63) is 54.2 Å². The number of rotatable bonds is 8. The number of aromatic nitrogens is 1. The highest BCUT2D eigenvalue weighted by molar-refractivity contribution is 7.89. The third kappa shape index (κ3) is 4.89. The van der Waals surface area contributed by atoms with E-state index < -0.39 is 26.8 Å². The quantitative estimate of drug-likeness (QED) is 0.504. The van der Waals surface area contributed by atoms with Crippen LogP contribution >= 0.6 is 0 Å². The van der Waals surface area contributed by atoms with Gasteiger partial charge in [-0.25, -0.2) is 8.42 Å². The molecule has 34 heavy (non-hydrogen) atoms. The summed E-state index contributed by atoms with van der Waals surface area (Å²) in [6, 6.07) is 11.8. The fourth-order valence-corrected chi connectivity index (χ4v) is 6.43. The van der Waals surface area contributed by atoms with Gasteiger partial charge in [0, 0.05) is 52.5 Å². The lowest BCUT2D eigenvalue weighted by molar-refractivity contribution is -0.137. The van der Waals surface area contributed by atoms with E-state index in [1.807, 2.05) is 19.9 Å². The van der Waals surface area contributed by atoms with Gasteiger partial charge in [-0.2, -0.15) is 4.31 Å². The van der Waals surface area contributed by atoms with Crippen LogP contribution in [0.2, 0.25) is 0 Å². The van der Waals surface area contributed by atoms with Crippen molar-refractivity contribution in [1.29, 1.82) is 0 Å². The van der Waals surface area contributed by atoms with E-state index in [0.717, 1.165) is 10.9 Å². The van der Waals surface area contributed by atoms with Crippen LogP contribution in [0.1, 0.15) is 31.7 Å². The Balaban J connectivity index is 1.62. The van der Waals surface area contributed by atoms with Crippen LogP contribution in [-0.4, -0.2) is 58.0 Å². The van der Waals surface area contributed by atoms with Gasteiger partial charge in [-0.1, -0.05) is 6.07 Å². The molecule has 1 saturated heterocycles. The Morgan fingerprint density at radius 3 is 2.53 bits per heavy atom. The molecule has 4 rings (SSSR count). The van der Waals surface area contributed by atoms with Crippen molar-refractivity contribution in [3.8, 4) is 5.75 Å². The summed E-state index contributed by atoms with van der Waals surface area (Å²) in [5.41, 5.74) is 1.59. The molecule has 0 bridgehead atoms. The number of benzene rings is 2. The number of sulfonamides is 1. The minimum atomic E-state index is -3.67. The molecule has 2 unspecified atom stereocenters. The first-order valence-corrected chi connectivity index (χ1v) is 14.0. The highest BCUT2D eigenvalue weighted by atomic mass is 32.2. The number of aliphatic carboxylic acids is 1. The van der Waals surface area contributed by atoms with Crippen molar-refractivity contribution in [2.75, 3.05) is 19.3 Å². The van der Waals surface area contributed by atoms with Gasteiger partial charge in [0.2, 0.25) is 10.0 Å². The standard InChI is InChI=1S/C24H28N2O6S2/c1-16(2)32-18-4-7-20(8-5-18)34(30,31)26-11-10-17(13-26)22-14-25(15-24(27)28)23-12-19(33(3)29)6-9-21(22)23/h4-9,12,14,16-17H,10-11,13,15H2,1-3H3,(H,27,28). The first-order chi connectivity index (χ1) is 16.1. The molecular weight excluding hydrogens is 476 g/mol. The Hall–Kier alpha value is -2.69. The summed E-state index contributed by atoms with van der Waals surface area (Å²) in [7, 11) is -4.87. The molecule has 1 fully saturated rings. The van der Waals surface area contributed by atoms with Gasteiger partial charge in [0.05, 0.1) is 16.5 Å². The first-order valence-electron chi connectivity index (χ1n) is 11.0. The minimum Gasteiger partial charge on any atom is -0.491 e. The van der Waals surface area contributed by atoms with Crippen LogP contribution in [0, 0.1) is 0 Å². The SMILES string of the molecule is CC(C)Oc1ccc(S(=O)(=O)N2CCC(c3cn(CC(=O)O)c4cc(S(C)=O)ccc34)C2)cc1. The summed E-state index contributed by atoms with van der Waals surface area (Å²) in [4.78, 5) is 12.2. The number of nitrogens with zero attached hydrogens (tertiary/aromatic N) is 2. The van der Waals surface area contributed by atoms with E-state index >= 15 is 0 Å². The fourth-order valence-electron chi connectivity index (χ4n) is 4.39. The molecule has 10 heteroatoms. The van der Waals surface area contributed by atoms with Crippen molar-refractivity contribution in [3.63, 3.8) is 0 Å². The average Bonchev–Trinajstić information content (AvgIpc) is 3.39. The summed E-state index contributed by atoms with van der Waals surface area (Å²) in [5, 5.41) is 10.2. The van der Waals surface area contributed by atoms with E-state index in [-0.39, 0.29) is 23.5 Å². The summed E-state index contributed by atoms with van der Waals surface area (Å²) < 4.78 is 47.2. The van der Waals surface area contributed by atoms with Crippen molar-refractivity contribution in [2.45, 2.75) is 48.6 Å². The van der Waals surface area contributed by atoms with Crippen LogP contribution in [0.3, 0.4) is 0 Å². The second-order valence-corrected chi connectivity index (χ2v) is 12.0. The van der Waals surface area contributed by atoms with Gasteiger partial charge >= 0.3 is 5.97 Å². The number of hydrogen-bond donors (Lipinski definition) is 1. The first kappa shape index (κ1) is 24.4. The Bertz CT molecular complexity index is 1350. The van der Waals surface area contributed by atoms with Gasteiger partial charge in [-0.3, -0.25) is 9.00 Å². The molecule has 8 nitrogen and oxygen atoms in total. The third-order valence-corrected chi connectivity index (χ3v) is 8.74. The van der Waals surface area contributed by atoms with Crippen LogP contribution in [0.5, 0.6) is 5.75 Å². The number of carbonyl (C=O) groups is 1. The Morgan fingerprint density at radius 1 is 1.21 bits per heavy atom. The molecule has 0 saturated carbocycles. The molecule has 2 aromatic carbocycles. The molecule has 182 valence electrons. The molecule has 1 aromatic heterocycles. The lowest BCUT2D eigenvalue weighted by Gasteiger charge is -2.17. The Morgan fingerprint density at radius 2 is 1.91 bits per heavy atom. The van der Waals surface area contributed by atoms with Crippen molar-refractivity contribution in [1.82, 2.24) is 8.87 Å². The zero-order valence-electron chi connectivity index (χ0n) is 19.3. The number of carboxylic acids is 1. The maximum absolute atomic E-state index is 13.2. The predicted molar refractivity (Wildman–Crippen MR) is 130 cm³/mol. The number of hydrogen-bond acceptors (Lipinski definition) is 5. The van der Waals surface area contributed by atoms with E-state index in [4.69, 9.17) is 4.74 Å². The molecular formula is C24H28N2O6S2. The molecule has 1 N–H and O–H groups in total. The van der Waals surface area contributed by atoms with Crippen molar-refractivity contribution < 1.29 is 27.3 Å². The summed E-state index contributed by atoms with van der Waals surface area (Å²) >= 11 is 0. The monoisotopic (exact) mass is 504 g/mol. The van der Waals surface area contributed by atoms with Crippen LogP contribution in [-0.2, 0) is 32.2 Å². The fraction of sp³-hybridized carbons (Fsp3) is 0.375. The van der Waals surface area contributed by atoms with E-state index in [9.17, 15) is 22.5 Å². The predicted octanol–water partition coefficient (Wildman–Crippen LogP) is 3.43. The molecule has 3 aromatic rings. The van der Waals surface area contributed by atoms with E-state index in [2.05, 4.69) is 0 Å². The van der Waals surface area contributed by atoms with Crippen LogP contribution in [0.15, 0.2) is 58.5 Å². The zero-order valence-corrected chi connectivity index (χ0v) is 20.9. The normalized spacial score (nSPS) is 17.9. The number of ether oxygens (including phenoxy) is 1. The lowest BCUT2D eigenvalue weighted by Crippen LogP contribution is -2.28. The second-order valence-electron chi connectivity index (χ2n) is 8.73. The van der Waals surface area contributed by atoms with Crippen LogP contribution < -0.4 is 4.74 Å². The Labute approximate surface area is 201 Å². The third-order valence-electron chi connectivity index (χ3n) is 5.95. The average molecular weight is 505 g/mol. The molecule has 0 radical (unpaired) electrons. The van der Waals surface area contributed by atoms with E-state index in [1.54, 1.807) is 53.4 Å². The number of carboxylic acid groups (broad SMARTS) is 1. The summed E-state index contributed by atoms with van der Waals surface area (Å²) in [6.07, 6.45) is 3.99. The van der Waals surface area contributed by atoms with E-state index in [0.29, 0.717) is 35.7 Å². The molecule has 2 atom stereocenters. The number of fused-ring (bicyclic) bond motifs is 1. The van der Waals surface area contributed by atoms with E-state index in [1.165, 1.54) is 4.31 Å². The highest BCUT2D eigenvalue weighted by Crippen LogP contribution is 2.36. The minimum absolute atomic E-state index is 0.00143. The highest BCUT2D eigenvalue weighted by Gasteiger charge is 2.34. The second kappa shape index (κ2) is 9.52. The maximum Gasteiger partial charge on any atom is 0.323 e.